The van der Waals surface area contributed by atoms with Gasteiger partial charge >= 0.3 is 0 Å². The van der Waals surface area contributed by atoms with Crippen molar-refractivity contribution in [2.24, 2.45) is 11.8 Å². The van der Waals surface area contributed by atoms with Crippen LogP contribution in [-0.2, 0) is 0 Å². The van der Waals surface area contributed by atoms with Crippen LogP contribution in [0.4, 0.5) is 0 Å². The molecule has 0 amide bonds. The van der Waals surface area contributed by atoms with Gasteiger partial charge in [-0.25, -0.2) is 0 Å². The summed E-state index contributed by atoms with van der Waals surface area (Å²) >= 11 is 0. The molecule has 17 heavy (non-hydrogen) atoms. The molecule has 0 heteroatoms. The van der Waals surface area contributed by atoms with Crippen LogP contribution in [0.15, 0.2) is 36.5 Å². The molecule has 1 aliphatic carbocycles. The van der Waals surface area contributed by atoms with E-state index in [2.05, 4.69) is 32.6 Å². The first-order valence-corrected chi connectivity index (χ1v) is 7.20. The first kappa shape index (κ1) is 18.6. The van der Waals surface area contributed by atoms with Crippen molar-refractivity contribution in [2.75, 3.05) is 0 Å². The summed E-state index contributed by atoms with van der Waals surface area (Å²) in [6, 6.07) is 0. The van der Waals surface area contributed by atoms with E-state index in [0.717, 1.165) is 11.8 Å². The van der Waals surface area contributed by atoms with Crippen LogP contribution in [0.1, 0.15) is 60.8 Å². The summed E-state index contributed by atoms with van der Waals surface area (Å²) in [5.41, 5.74) is 1.53. The first-order chi connectivity index (χ1) is 8.24. The molecule has 100 valence electrons. The smallest absolute Gasteiger partial charge is 0.0200 e. The minimum Gasteiger partial charge on any atom is -0.0991 e. The summed E-state index contributed by atoms with van der Waals surface area (Å²) in [5.74, 6) is 1.76. The van der Waals surface area contributed by atoms with E-state index in [-0.39, 0.29) is 0 Å². The molecule has 0 aromatic rings. The van der Waals surface area contributed by atoms with Gasteiger partial charge in [0.1, 0.15) is 0 Å². The molecule has 1 rings (SSSR count). The molecule has 0 spiro atoms. The van der Waals surface area contributed by atoms with E-state index in [1.54, 1.807) is 0 Å². The molecule has 2 unspecified atom stereocenters. The van der Waals surface area contributed by atoms with E-state index in [1.807, 2.05) is 39.8 Å². The van der Waals surface area contributed by atoms with Crippen molar-refractivity contribution >= 4 is 0 Å². The van der Waals surface area contributed by atoms with Gasteiger partial charge < -0.3 is 0 Å². The van der Waals surface area contributed by atoms with Crippen LogP contribution in [0.2, 0.25) is 0 Å². The van der Waals surface area contributed by atoms with Crippen LogP contribution in [0.3, 0.4) is 0 Å². The Balaban J connectivity index is 0. The van der Waals surface area contributed by atoms with E-state index >= 15 is 0 Å². The van der Waals surface area contributed by atoms with E-state index < -0.39 is 0 Å². The van der Waals surface area contributed by atoms with Gasteiger partial charge in [0, 0.05) is 0 Å². The highest BCUT2D eigenvalue weighted by Gasteiger charge is 2.21. The molecule has 0 aromatic carbocycles. The molecule has 1 aliphatic rings. The SMILES string of the molecule is C=C/C=C\C=C(/C)C1CCC(C)C1.CC.CC. The third-order valence-corrected chi connectivity index (χ3v) is 2.95. The Labute approximate surface area is 110 Å². The first-order valence-electron chi connectivity index (χ1n) is 7.20. The van der Waals surface area contributed by atoms with Gasteiger partial charge in [0.15, 0.2) is 0 Å². The van der Waals surface area contributed by atoms with Crippen LogP contribution >= 0.6 is 0 Å². The molecular weight excluding hydrogens is 204 g/mol. The Kier molecular flexibility index (Phi) is 14.5. The van der Waals surface area contributed by atoms with Crippen molar-refractivity contribution in [1.82, 2.24) is 0 Å². The van der Waals surface area contributed by atoms with Gasteiger partial charge in [-0.1, -0.05) is 77.5 Å². The second-order valence-corrected chi connectivity index (χ2v) is 4.15. The van der Waals surface area contributed by atoms with Gasteiger partial charge in [-0.3, -0.25) is 0 Å². The van der Waals surface area contributed by atoms with Gasteiger partial charge in [-0.2, -0.15) is 0 Å². The van der Waals surface area contributed by atoms with Gasteiger partial charge in [0.25, 0.3) is 0 Å². The molecule has 0 bridgehead atoms. The highest BCUT2D eigenvalue weighted by atomic mass is 14.3. The standard InChI is InChI=1S/C13H20.2C2H6/c1-4-5-6-7-12(3)13-9-8-11(2)10-13;2*1-2/h4-7,11,13H,1,8-10H2,2-3H3;2*1-2H3/b6-5-,12-7+;;. The summed E-state index contributed by atoms with van der Waals surface area (Å²) in [4.78, 5) is 0. The summed E-state index contributed by atoms with van der Waals surface area (Å²) in [7, 11) is 0. The number of rotatable bonds is 3. The highest BCUT2D eigenvalue weighted by Crippen LogP contribution is 2.34. The minimum atomic E-state index is 0.837. The molecule has 0 saturated heterocycles. The molecule has 0 heterocycles. The Morgan fingerprint density at radius 1 is 1.06 bits per heavy atom. The van der Waals surface area contributed by atoms with Crippen LogP contribution in [-0.4, -0.2) is 0 Å². The maximum atomic E-state index is 3.65. The molecule has 2 atom stereocenters. The lowest BCUT2D eigenvalue weighted by Gasteiger charge is -2.08. The van der Waals surface area contributed by atoms with Gasteiger partial charge in [-0.05, 0) is 31.6 Å². The minimum absolute atomic E-state index is 0.837. The predicted octanol–water partition coefficient (Wildman–Crippen LogP) is 6.16. The second-order valence-electron chi connectivity index (χ2n) is 4.15. The lowest BCUT2D eigenvalue weighted by molar-refractivity contribution is 0.571. The average molecular weight is 236 g/mol. The summed E-state index contributed by atoms with van der Waals surface area (Å²) in [6.45, 7) is 16.3. The maximum Gasteiger partial charge on any atom is -0.0200 e. The van der Waals surface area contributed by atoms with Crippen molar-refractivity contribution in [3.05, 3.63) is 36.5 Å². The third-order valence-electron chi connectivity index (χ3n) is 2.95. The van der Waals surface area contributed by atoms with E-state index in [0.29, 0.717) is 0 Å². The zero-order valence-corrected chi connectivity index (χ0v) is 12.8. The predicted molar refractivity (Wildman–Crippen MR) is 82.3 cm³/mol. The summed E-state index contributed by atoms with van der Waals surface area (Å²) in [5, 5.41) is 0. The monoisotopic (exact) mass is 236 g/mol. The molecule has 0 aromatic heterocycles. The van der Waals surface area contributed by atoms with Crippen LogP contribution in [0, 0.1) is 11.8 Å². The topological polar surface area (TPSA) is 0 Å². The van der Waals surface area contributed by atoms with Crippen LogP contribution in [0.5, 0.6) is 0 Å². The summed E-state index contributed by atoms with van der Waals surface area (Å²) < 4.78 is 0. The van der Waals surface area contributed by atoms with Crippen LogP contribution in [0.25, 0.3) is 0 Å². The summed E-state index contributed by atoms with van der Waals surface area (Å²) in [6.07, 6.45) is 12.3. The largest absolute Gasteiger partial charge is 0.0991 e. The van der Waals surface area contributed by atoms with Crippen molar-refractivity contribution in [2.45, 2.75) is 60.8 Å². The van der Waals surface area contributed by atoms with E-state index in [4.69, 9.17) is 0 Å². The highest BCUT2D eigenvalue weighted by molar-refractivity contribution is 5.16. The third kappa shape index (κ3) is 8.97. The molecule has 1 saturated carbocycles. The molecule has 0 N–H and O–H groups in total. The molecule has 0 nitrogen and oxygen atoms in total. The van der Waals surface area contributed by atoms with Crippen molar-refractivity contribution < 1.29 is 0 Å². The maximum absolute atomic E-state index is 3.65. The Bertz CT molecular complexity index is 220. The van der Waals surface area contributed by atoms with E-state index in [1.165, 1.54) is 24.8 Å². The Hall–Kier alpha value is -0.780. The normalized spacial score (nSPS) is 23.5. The lowest BCUT2D eigenvalue weighted by atomic mass is 9.97. The average Bonchev–Trinajstić information content (AvgIpc) is 2.81. The fourth-order valence-electron chi connectivity index (χ4n) is 2.04. The fourth-order valence-corrected chi connectivity index (χ4v) is 2.04. The Morgan fingerprint density at radius 3 is 2.06 bits per heavy atom. The molecule has 1 fully saturated rings. The quantitative estimate of drug-likeness (QED) is 0.514. The number of hydrogen-bond donors (Lipinski definition) is 0. The molecule has 0 aliphatic heterocycles. The zero-order valence-electron chi connectivity index (χ0n) is 12.8. The Morgan fingerprint density at radius 2 is 1.65 bits per heavy atom. The van der Waals surface area contributed by atoms with Gasteiger partial charge in [-0.15, -0.1) is 0 Å². The number of allylic oxidation sites excluding steroid dienone is 5. The zero-order chi connectivity index (χ0) is 13.7. The molecule has 0 radical (unpaired) electrons. The lowest BCUT2D eigenvalue weighted by Crippen LogP contribution is -1.95. The molecular formula is C17H32. The fraction of sp³-hybridized carbons (Fsp3) is 0.647. The second kappa shape index (κ2) is 13.3. The van der Waals surface area contributed by atoms with Gasteiger partial charge in [0.2, 0.25) is 0 Å². The van der Waals surface area contributed by atoms with Crippen molar-refractivity contribution in [1.29, 1.82) is 0 Å². The van der Waals surface area contributed by atoms with Crippen LogP contribution < -0.4 is 0 Å². The van der Waals surface area contributed by atoms with E-state index in [9.17, 15) is 0 Å². The van der Waals surface area contributed by atoms with Gasteiger partial charge in [0.05, 0.1) is 0 Å². The van der Waals surface area contributed by atoms with Crippen molar-refractivity contribution in [3.8, 4) is 0 Å². The number of hydrogen-bond acceptors (Lipinski definition) is 0. The van der Waals surface area contributed by atoms with Crippen molar-refractivity contribution in [3.63, 3.8) is 0 Å².